The molecule has 1 heterocycles. The van der Waals surface area contributed by atoms with Crippen LogP contribution >= 0.6 is 27.5 Å². The summed E-state index contributed by atoms with van der Waals surface area (Å²) in [6.45, 7) is 11.3. The topological polar surface area (TPSA) is 101 Å². The van der Waals surface area contributed by atoms with E-state index in [-0.39, 0.29) is 23.1 Å². The Morgan fingerprint density at radius 2 is 1.98 bits per heavy atom. The van der Waals surface area contributed by atoms with Crippen molar-refractivity contribution < 1.29 is 19.5 Å². The first kappa shape index (κ1) is 31.2. The third-order valence-electron chi connectivity index (χ3n) is 7.61. The molecule has 0 saturated heterocycles. The number of aromatic nitrogens is 1. The number of rotatable bonds is 10. The van der Waals surface area contributed by atoms with E-state index in [0.717, 1.165) is 15.6 Å². The Morgan fingerprint density at radius 3 is 2.62 bits per heavy atom. The number of carbonyl (C=O) groups is 2. The van der Waals surface area contributed by atoms with Gasteiger partial charge < -0.3 is 15.3 Å². The number of oxime groups is 1. The van der Waals surface area contributed by atoms with Gasteiger partial charge in [-0.15, -0.1) is 0 Å². The summed E-state index contributed by atoms with van der Waals surface area (Å²) in [7, 11) is 0. The first-order chi connectivity index (χ1) is 20.1. The summed E-state index contributed by atoms with van der Waals surface area (Å²) in [5, 5.41) is 18.4. The number of nitrogens with zero attached hydrogens (tertiary/aromatic N) is 2. The highest BCUT2D eigenvalue weighted by atomic mass is 79.9. The van der Waals surface area contributed by atoms with Crippen molar-refractivity contribution in [1.82, 2.24) is 10.3 Å². The van der Waals surface area contributed by atoms with Crippen LogP contribution in [0.15, 0.2) is 94.3 Å². The maximum atomic E-state index is 14.4. The molecule has 1 aliphatic rings. The molecule has 1 fully saturated rings. The summed E-state index contributed by atoms with van der Waals surface area (Å²) in [4.78, 5) is 37.0. The summed E-state index contributed by atoms with van der Waals surface area (Å²) >= 11 is 9.74. The molecule has 3 aromatic rings. The van der Waals surface area contributed by atoms with Gasteiger partial charge in [0.15, 0.2) is 5.76 Å². The van der Waals surface area contributed by atoms with Crippen molar-refractivity contribution in [3.63, 3.8) is 0 Å². The van der Waals surface area contributed by atoms with Crippen molar-refractivity contribution in [2.24, 2.45) is 11.1 Å². The first-order valence-electron chi connectivity index (χ1n) is 13.7. The third-order valence-corrected chi connectivity index (χ3v) is 8.44. The van der Waals surface area contributed by atoms with Crippen LogP contribution in [0.4, 0.5) is 0 Å². The minimum absolute atomic E-state index is 0.114. The number of fused-ring (bicyclic) bond motifs is 1. The number of aliphatic carboxylic acids is 1. The maximum absolute atomic E-state index is 14.4. The van der Waals surface area contributed by atoms with Crippen molar-refractivity contribution in [2.45, 2.75) is 51.5 Å². The van der Waals surface area contributed by atoms with Gasteiger partial charge in [0.25, 0.3) is 5.91 Å². The molecular weight excluding hydrogens is 618 g/mol. The fourth-order valence-corrected chi connectivity index (χ4v) is 5.96. The molecule has 1 amide bonds. The van der Waals surface area contributed by atoms with Crippen LogP contribution in [0.1, 0.15) is 54.9 Å². The quantitative estimate of drug-likeness (QED) is 0.131. The molecule has 2 N–H and O–H groups in total. The molecule has 1 aliphatic carbocycles. The summed E-state index contributed by atoms with van der Waals surface area (Å²) in [5.41, 5.74) is 3.03. The van der Waals surface area contributed by atoms with E-state index in [1.807, 2.05) is 62.4 Å². The third kappa shape index (κ3) is 6.50. The van der Waals surface area contributed by atoms with Crippen LogP contribution in [0.3, 0.4) is 0 Å². The molecule has 218 valence electrons. The molecule has 9 heteroatoms. The van der Waals surface area contributed by atoms with Crippen LogP contribution in [-0.4, -0.2) is 33.2 Å². The predicted molar refractivity (Wildman–Crippen MR) is 171 cm³/mol. The lowest BCUT2D eigenvalue weighted by Gasteiger charge is -2.41. The van der Waals surface area contributed by atoms with Crippen LogP contribution in [-0.2, 0) is 9.63 Å². The monoisotopic (exact) mass is 649 g/mol. The smallest absolute Gasteiger partial charge is 0.306 e. The van der Waals surface area contributed by atoms with Crippen LogP contribution < -0.4 is 5.32 Å². The van der Waals surface area contributed by atoms with Gasteiger partial charge in [-0.05, 0) is 62.1 Å². The summed E-state index contributed by atoms with van der Waals surface area (Å²) in [6.07, 6.45) is 4.93. The molecule has 7 nitrogen and oxygen atoms in total. The minimum atomic E-state index is -0.939. The lowest BCUT2D eigenvalue weighted by atomic mass is 9.72. The van der Waals surface area contributed by atoms with E-state index in [1.54, 1.807) is 0 Å². The molecule has 0 radical (unpaired) electrons. The zero-order valence-electron chi connectivity index (χ0n) is 23.6. The van der Waals surface area contributed by atoms with Crippen molar-refractivity contribution in [3.05, 3.63) is 100 Å². The molecular formula is C33H33BrClN3O4. The maximum Gasteiger partial charge on any atom is 0.306 e. The first-order valence-corrected chi connectivity index (χ1v) is 14.9. The normalized spacial score (nSPS) is 20.1. The predicted octanol–water partition coefficient (Wildman–Crippen LogP) is 8.32. The van der Waals surface area contributed by atoms with Gasteiger partial charge in [0.1, 0.15) is 0 Å². The number of allylic oxidation sites excluding steroid dienone is 3. The number of halogens is 2. The van der Waals surface area contributed by atoms with Crippen LogP contribution in [0, 0.1) is 12.8 Å². The van der Waals surface area contributed by atoms with Crippen molar-refractivity contribution in [1.29, 1.82) is 0 Å². The Hall–Kier alpha value is -3.75. The second kappa shape index (κ2) is 13.5. The molecule has 2 unspecified atom stereocenters. The highest BCUT2D eigenvalue weighted by molar-refractivity contribution is 9.10. The van der Waals surface area contributed by atoms with Crippen molar-refractivity contribution in [3.8, 4) is 11.3 Å². The lowest BCUT2D eigenvalue weighted by Crippen LogP contribution is -2.57. The second-order valence-electron chi connectivity index (χ2n) is 10.3. The highest BCUT2D eigenvalue weighted by Crippen LogP contribution is 2.37. The van der Waals surface area contributed by atoms with E-state index >= 15 is 0 Å². The largest absolute Gasteiger partial charge is 0.481 e. The van der Waals surface area contributed by atoms with Gasteiger partial charge in [-0.1, -0.05) is 89.5 Å². The Kier molecular flexibility index (Phi) is 10.0. The van der Waals surface area contributed by atoms with E-state index in [4.69, 9.17) is 21.4 Å². The van der Waals surface area contributed by atoms with Gasteiger partial charge in [-0.3, -0.25) is 9.59 Å². The summed E-state index contributed by atoms with van der Waals surface area (Å²) < 4.78 is 0.821. The number of pyridine rings is 1. The minimum Gasteiger partial charge on any atom is -0.481 e. The molecule has 0 bridgehead atoms. The number of carboxylic acids is 1. The SMILES string of the molecule is C=C/C(Cl)=C(\C=C)O/N=C1\CC(C(=O)O)CCC1(CCC)NC(=O)c1c(C)c(-c2ccccc2)nc2ccc(Br)cc12. The van der Waals surface area contributed by atoms with Crippen molar-refractivity contribution >= 4 is 56.0 Å². The molecule has 2 atom stereocenters. The average Bonchev–Trinajstić information content (AvgIpc) is 2.98. The van der Waals surface area contributed by atoms with Crippen LogP contribution in [0.25, 0.3) is 22.2 Å². The van der Waals surface area contributed by atoms with E-state index in [0.29, 0.717) is 53.6 Å². The van der Waals surface area contributed by atoms with Gasteiger partial charge in [0.2, 0.25) is 0 Å². The number of carbonyl (C=O) groups excluding carboxylic acids is 1. The van der Waals surface area contributed by atoms with Gasteiger partial charge in [-0.25, -0.2) is 4.98 Å². The number of carboxylic acid groups (broad SMARTS) is 1. The standard InChI is InChI=1S/C33H33BrClN3O4/c1-5-16-33(17-15-22(32(40)41)18-28(33)38-42-27(7-3)25(35)6-2)37-31(39)29-20(4)30(21-11-9-8-10-12-21)36-26-14-13-23(34)19-24(26)29/h6-14,19,22H,2-3,5,15-18H2,1,4H3,(H,37,39)(H,40,41)/b27-25-,38-28+. The Bertz CT molecular complexity index is 1600. The molecule has 4 rings (SSSR count). The van der Waals surface area contributed by atoms with Gasteiger partial charge in [0, 0.05) is 21.8 Å². The molecule has 1 saturated carbocycles. The number of nitrogens with one attached hydrogen (secondary N) is 1. The molecule has 0 spiro atoms. The summed E-state index contributed by atoms with van der Waals surface area (Å²) in [5.74, 6) is -1.70. The van der Waals surface area contributed by atoms with Gasteiger partial charge in [0.05, 0.1) is 39.0 Å². The Labute approximate surface area is 259 Å². The van der Waals surface area contributed by atoms with Crippen LogP contribution in [0.2, 0.25) is 0 Å². The van der Waals surface area contributed by atoms with E-state index < -0.39 is 17.4 Å². The molecule has 42 heavy (non-hydrogen) atoms. The fourth-order valence-electron chi connectivity index (χ4n) is 5.49. The van der Waals surface area contributed by atoms with Gasteiger partial charge >= 0.3 is 5.97 Å². The highest BCUT2D eigenvalue weighted by Gasteiger charge is 2.44. The second-order valence-corrected chi connectivity index (χ2v) is 11.6. The lowest BCUT2D eigenvalue weighted by molar-refractivity contribution is -0.142. The van der Waals surface area contributed by atoms with Crippen molar-refractivity contribution in [2.75, 3.05) is 0 Å². The molecule has 2 aromatic carbocycles. The van der Waals surface area contributed by atoms with Gasteiger partial charge in [-0.2, -0.15) is 0 Å². The zero-order valence-corrected chi connectivity index (χ0v) is 26.0. The van der Waals surface area contributed by atoms with Crippen LogP contribution in [0.5, 0.6) is 0 Å². The zero-order chi connectivity index (χ0) is 30.4. The average molecular weight is 651 g/mol. The summed E-state index contributed by atoms with van der Waals surface area (Å²) in [6, 6.07) is 15.4. The number of benzene rings is 2. The molecule has 0 aliphatic heterocycles. The van der Waals surface area contributed by atoms with E-state index in [9.17, 15) is 14.7 Å². The van der Waals surface area contributed by atoms with E-state index in [2.05, 4.69) is 39.6 Å². The number of hydrogen-bond acceptors (Lipinski definition) is 5. The fraction of sp³-hybridized carbons (Fsp3) is 0.273. The van der Waals surface area contributed by atoms with E-state index in [1.165, 1.54) is 12.2 Å². The molecule has 1 aromatic heterocycles. The Morgan fingerprint density at radius 1 is 1.24 bits per heavy atom. The number of hydrogen-bond donors (Lipinski definition) is 2. The number of amides is 1. The Balaban J connectivity index is 1.86.